The van der Waals surface area contributed by atoms with E-state index in [1.165, 1.54) is 4.90 Å². The molecule has 4 nitrogen and oxygen atoms in total. The molecule has 0 aliphatic carbocycles. The predicted molar refractivity (Wildman–Crippen MR) is 90.6 cm³/mol. The molecule has 0 bridgehead atoms. The van der Waals surface area contributed by atoms with Gasteiger partial charge in [-0.15, -0.1) is 0 Å². The summed E-state index contributed by atoms with van der Waals surface area (Å²) in [6.45, 7) is 2.01. The van der Waals surface area contributed by atoms with Gasteiger partial charge in [-0.1, -0.05) is 24.3 Å². The first-order valence-corrected chi connectivity index (χ1v) is 7.61. The Morgan fingerprint density at radius 1 is 1.19 bits per heavy atom. The molecule has 21 heavy (non-hydrogen) atoms. The standard InChI is InChI=1S/C16H13IN2O2/c1-10-5-4-6-11(15(10)17)16(21)19-9-14(20)18-12-7-2-3-8-13(12)19/h2-8H,9H2,1H3,(H,18,20). The fourth-order valence-electron chi connectivity index (χ4n) is 2.37. The third kappa shape index (κ3) is 2.53. The van der Waals surface area contributed by atoms with E-state index in [9.17, 15) is 9.59 Å². The highest BCUT2D eigenvalue weighted by Gasteiger charge is 2.28. The van der Waals surface area contributed by atoms with Crippen LogP contribution in [0.25, 0.3) is 0 Å². The van der Waals surface area contributed by atoms with Crippen LogP contribution in [0.4, 0.5) is 11.4 Å². The van der Waals surface area contributed by atoms with Gasteiger partial charge in [0.2, 0.25) is 5.91 Å². The molecule has 0 atom stereocenters. The van der Waals surface area contributed by atoms with Gasteiger partial charge in [0.25, 0.3) is 5.91 Å². The largest absolute Gasteiger partial charge is 0.323 e. The highest BCUT2D eigenvalue weighted by molar-refractivity contribution is 14.1. The Morgan fingerprint density at radius 2 is 1.95 bits per heavy atom. The summed E-state index contributed by atoms with van der Waals surface area (Å²) in [6.07, 6.45) is 0. The van der Waals surface area contributed by atoms with Crippen molar-refractivity contribution >= 4 is 45.8 Å². The fourth-order valence-corrected chi connectivity index (χ4v) is 2.96. The lowest BCUT2D eigenvalue weighted by atomic mass is 10.1. The molecule has 1 aliphatic heterocycles. The van der Waals surface area contributed by atoms with Gasteiger partial charge in [0, 0.05) is 3.57 Å². The fraction of sp³-hybridized carbons (Fsp3) is 0.125. The molecule has 5 heteroatoms. The van der Waals surface area contributed by atoms with Gasteiger partial charge >= 0.3 is 0 Å². The van der Waals surface area contributed by atoms with Crippen LogP contribution in [0.15, 0.2) is 42.5 Å². The van der Waals surface area contributed by atoms with Crippen molar-refractivity contribution in [2.75, 3.05) is 16.8 Å². The molecule has 0 aromatic heterocycles. The maximum Gasteiger partial charge on any atom is 0.259 e. The average molecular weight is 392 g/mol. The average Bonchev–Trinajstić information content (AvgIpc) is 2.48. The van der Waals surface area contributed by atoms with E-state index in [1.54, 1.807) is 12.1 Å². The molecular formula is C16H13IN2O2. The van der Waals surface area contributed by atoms with Gasteiger partial charge in [-0.2, -0.15) is 0 Å². The molecule has 2 aromatic rings. The van der Waals surface area contributed by atoms with Crippen LogP contribution in [-0.2, 0) is 4.79 Å². The van der Waals surface area contributed by atoms with Crippen LogP contribution < -0.4 is 10.2 Å². The number of hydrogen-bond donors (Lipinski definition) is 1. The van der Waals surface area contributed by atoms with E-state index in [0.29, 0.717) is 11.3 Å². The Labute approximate surface area is 136 Å². The normalized spacial score (nSPS) is 13.6. The molecule has 2 amide bonds. The minimum atomic E-state index is -0.176. The van der Waals surface area contributed by atoms with Gasteiger partial charge in [-0.05, 0) is 53.3 Å². The molecule has 2 aromatic carbocycles. The molecule has 0 fully saturated rings. The third-order valence-electron chi connectivity index (χ3n) is 3.44. The molecule has 1 heterocycles. The maximum absolute atomic E-state index is 12.8. The van der Waals surface area contributed by atoms with E-state index in [4.69, 9.17) is 0 Å². The number of para-hydroxylation sites is 2. The minimum Gasteiger partial charge on any atom is -0.323 e. The number of carbonyl (C=O) groups is 2. The van der Waals surface area contributed by atoms with E-state index < -0.39 is 0 Å². The SMILES string of the molecule is Cc1cccc(C(=O)N2CC(=O)Nc3ccccc32)c1I. The molecule has 0 spiro atoms. The van der Waals surface area contributed by atoms with Gasteiger partial charge in [0.1, 0.15) is 6.54 Å². The first-order valence-electron chi connectivity index (χ1n) is 6.54. The molecule has 0 unspecified atom stereocenters. The molecule has 1 aliphatic rings. The Balaban J connectivity index is 2.06. The zero-order valence-corrected chi connectivity index (χ0v) is 13.5. The summed E-state index contributed by atoms with van der Waals surface area (Å²) in [6, 6.07) is 13.0. The van der Waals surface area contributed by atoms with Crippen molar-refractivity contribution in [1.82, 2.24) is 0 Å². The van der Waals surface area contributed by atoms with Crippen molar-refractivity contribution in [2.24, 2.45) is 0 Å². The van der Waals surface area contributed by atoms with Crippen molar-refractivity contribution in [2.45, 2.75) is 6.92 Å². The highest BCUT2D eigenvalue weighted by Crippen LogP contribution is 2.31. The first-order chi connectivity index (χ1) is 10.1. The van der Waals surface area contributed by atoms with Crippen LogP contribution in [0.5, 0.6) is 0 Å². The number of carbonyl (C=O) groups excluding carboxylic acids is 2. The number of hydrogen-bond acceptors (Lipinski definition) is 2. The van der Waals surface area contributed by atoms with Crippen molar-refractivity contribution < 1.29 is 9.59 Å². The lowest BCUT2D eigenvalue weighted by Crippen LogP contribution is -2.42. The topological polar surface area (TPSA) is 49.4 Å². The molecule has 0 radical (unpaired) electrons. The Bertz CT molecular complexity index is 743. The second kappa shape index (κ2) is 5.48. The Hall–Kier alpha value is -1.89. The molecule has 0 saturated heterocycles. The summed E-state index contributed by atoms with van der Waals surface area (Å²) >= 11 is 2.17. The zero-order chi connectivity index (χ0) is 15.0. The number of benzene rings is 2. The molecule has 3 rings (SSSR count). The van der Waals surface area contributed by atoms with Gasteiger partial charge in [0.05, 0.1) is 16.9 Å². The second-order valence-electron chi connectivity index (χ2n) is 4.89. The number of halogens is 1. The maximum atomic E-state index is 12.8. The lowest BCUT2D eigenvalue weighted by molar-refractivity contribution is -0.115. The molecule has 1 N–H and O–H groups in total. The number of amides is 2. The van der Waals surface area contributed by atoms with Crippen LogP contribution in [0.1, 0.15) is 15.9 Å². The monoisotopic (exact) mass is 392 g/mol. The molecule has 0 saturated carbocycles. The van der Waals surface area contributed by atoms with Gasteiger partial charge in [-0.3, -0.25) is 14.5 Å². The van der Waals surface area contributed by atoms with E-state index in [-0.39, 0.29) is 18.4 Å². The van der Waals surface area contributed by atoms with Crippen LogP contribution in [0.2, 0.25) is 0 Å². The van der Waals surface area contributed by atoms with Crippen LogP contribution in [-0.4, -0.2) is 18.4 Å². The van der Waals surface area contributed by atoms with E-state index >= 15 is 0 Å². The number of anilines is 2. The van der Waals surface area contributed by atoms with Gasteiger partial charge in [-0.25, -0.2) is 0 Å². The van der Waals surface area contributed by atoms with E-state index in [2.05, 4.69) is 27.9 Å². The van der Waals surface area contributed by atoms with Crippen LogP contribution >= 0.6 is 22.6 Å². The number of nitrogens with one attached hydrogen (secondary N) is 1. The molecular weight excluding hydrogens is 379 g/mol. The predicted octanol–water partition coefficient (Wildman–Crippen LogP) is 3.20. The van der Waals surface area contributed by atoms with Crippen molar-refractivity contribution in [3.05, 3.63) is 57.2 Å². The summed E-state index contributed by atoms with van der Waals surface area (Å²) in [7, 11) is 0. The van der Waals surface area contributed by atoms with Crippen molar-refractivity contribution in [1.29, 1.82) is 0 Å². The van der Waals surface area contributed by atoms with Crippen molar-refractivity contribution in [3.63, 3.8) is 0 Å². The minimum absolute atomic E-state index is 0.0415. The first kappa shape index (κ1) is 14.1. The summed E-state index contributed by atoms with van der Waals surface area (Å²) in [4.78, 5) is 26.2. The summed E-state index contributed by atoms with van der Waals surface area (Å²) in [5.74, 6) is -0.324. The van der Waals surface area contributed by atoms with E-state index in [0.717, 1.165) is 14.8 Å². The molecule has 106 valence electrons. The van der Waals surface area contributed by atoms with Crippen LogP contribution in [0, 0.1) is 10.5 Å². The van der Waals surface area contributed by atoms with Gasteiger partial charge < -0.3 is 5.32 Å². The summed E-state index contributed by atoms with van der Waals surface area (Å²) in [5, 5.41) is 2.79. The van der Waals surface area contributed by atoms with Crippen LogP contribution in [0.3, 0.4) is 0 Å². The van der Waals surface area contributed by atoms with Gasteiger partial charge in [0.15, 0.2) is 0 Å². The second-order valence-corrected chi connectivity index (χ2v) is 5.97. The summed E-state index contributed by atoms with van der Waals surface area (Å²) in [5.41, 5.74) is 3.08. The van der Waals surface area contributed by atoms with E-state index in [1.807, 2.05) is 37.3 Å². The zero-order valence-electron chi connectivity index (χ0n) is 11.4. The lowest BCUT2D eigenvalue weighted by Gasteiger charge is -2.29. The quantitative estimate of drug-likeness (QED) is 0.758. The Kier molecular flexibility index (Phi) is 3.67. The number of rotatable bonds is 1. The third-order valence-corrected chi connectivity index (χ3v) is 4.87. The number of fused-ring (bicyclic) bond motifs is 1. The number of nitrogens with zero attached hydrogens (tertiary/aromatic N) is 1. The summed E-state index contributed by atoms with van der Waals surface area (Å²) < 4.78 is 0.920. The Morgan fingerprint density at radius 3 is 2.76 bits per heavy atom. The smallest absolute Gasteiger partial charge is 0.259 e. The van der Waals surface area contributed by atoms with Crippen molar-refractivity contribution in [3.8, 4) is 0 Å². The number of aryl methyl sites for hydroxylation is 1. The highest BCUT2D eigenvalue weighted by atomic mass is 127.